The molecule has 0 unspecified atom stereocenters. The van der Waals surface area contributed by atoms with Gasteiger partial charge < -0.3 is 10.1 Å². The molecule has 0 atom stereocenters. The fourth-order valence-electron chi connectivity index (χ4n) is 1.85. The Morgan fingerprint density at radius 2 is 1.83 bits per heavy atom. The number of phenols is 1. The van der Waals surface area contributed by atoms with Crippen molar-refractivity contribution in [3.63, 3.8) is 0 Å². The van der Waals surface area contributed by atoms with E-state index in [1.54, 1.807) is 42.5 Å². The molecular formula is C14H10N2O2. The van der Waals surface area contributed by atoms with Crippen molar-refractivity contribution in [2.45, 2.75) is 0 Å². The fourth-order valence-corrected chi connectivity index (χ4v) is 1.85. The molecule has 0 saturated carbocycles. The van der Waals surface area contributed by atoms with E-state index in [1.807, 2.05) is 6.07 Å². The SMILES string of the molecule is O=C(c1ccccc1)c1nc2c(O)cccc2[nH]1. The molecule has 0 aliphatic heterocycles. The normalized spacial score (nSPS) is 10.7. The van der Waals surface area contributed by atoms with Crippen molar-refractivity contribution >= 4 is 16.8 Å². The monoisotopic (exact) mass is 238 g/mol. The molecule has 4 heteroatoms. The highest BCUT2D eigenvalue weighted by molar-refractivity contribution is 6.08. The lowest BCUT2D eigenvalue weighted by Crippen LogP contribution is -2.02. The number of nitrogens with one attached hydrogen (secondary N) is 1. The van der Waals surface area contributed by atoms with Crippen LogP contribution in [0.3, 0.4) is 0 Å². The number of para-hydroxylation sites is 1. The Morgan fingerprint density at radius 3 is 2.56 bits per heavy atom. The van der Waals surface area contributed by atoms with E-state index in [0.29, 0.717) is 16.6 Å². The molecule has 0 saturated heterocycles. The van der Waals surface area contributed by atoms with Crippen LogP contribution in [-0.4, -0.2) is 20.9 Å². The topological polar surface area (TPSA) is 66.0 Å². The van der Waals surface area contributed by atoms with E-state index in [9.17, 15) is 9.90 Å². The summed E-state index contributed by atoms with van der Waals surface area (Å²) in [6.07, 6.45) is 0. The van der Waals surface area contributed by atoms with Gasteiger partial charge in [0.15, 0.2) is 5.82 Å². The van der Waals surface area contributed by atoms with Gasteiger partial charge in [0.05, 0.1) is 5.52 Å². The Hall–Kier alpha value is -2.62. The molecular weight excluding hydrogens is 228 g/mol. The summed E-state index contributed by atoms with van der Waals surface area (Å²) in [6, 6.07) is 13.9. The lowest BCUT2D eigenvalue weighted by Gasteiger charge is -1.95. The maximum absolute atomic E-state index is 12.2. The Balaban J connectivity index is 2.10. The molecule has 3 rings (SSSR count). The minimum Gasteiger partial charge on any atom is -0.506 e. The second-order valence-electron chi connectivity index (χ2n) is 3.95. The molecule has 18 heavy (non-hydrogen) atoms. The van der Waals surface area contributed by atoms with Crippen molar-refractivity contribution in [2.24, 2.45) is 0 Å². The van der Waals surface area contributed by atoms with Crippen molar-refractivity contribution in [1.29, 1.82) is 0 Å². The number of rotatable bonds is 2. The van der Waals surface area contributed by atoms with E-state index in [-0.39, 0.29) is 17.4 Å². The number of fused-ring (bicyclic) bond motifs is 1. The minimum absolute atomic E-state index is 0.0656. The van der Waals surface area contributed by atoms with Gasteiger partial charge in [-0.3, -0.25) is 4.79 Å². The highest BCUT2D eigenvalue weighted by Crippen LogP contribution is 2.22. The van der Waals surface area contributed by atoms with Crippen LogP contribution in [0.1, 0.15) is 16.2 Å². The lowest BCUT2D eigenvalue weighted by atomic mass is 10.1. The Morgan fingerprint density at radius 1 is 1.06 bits per heavy atom. The third kappa shape index (κ3) is 1.64. The predicted octanol–water partition coefficient (Wildman–Crippen LogP) is 2.50. The number of aromatic hydroxyl groups is 1. The third-order valence-electron chi connectivity index (χ3n) is 2.74. The van der Waals surface area contributed by atoms with Crippen LogP contribution in [0.5, 0.6) is 5.75 Å². The molecule has 0 fully saturated rings. The average Bonchev–Trinajstić information content (AvgIpc) is 2.84. The van der Waals surface area contributed by atoms with E-state index in [2.05, 4.69) is 9.97 Å². The molecule has 3 aromatic rings. The molecule has 0 bridgehead atoms. The van der Waals surface area contributed by atoms with Gasteiger partial charge in [-0.15, -0.1) is 0 Å². The van der Waals surface area contributed by atoms with Crippen molar-refractivity contribution in [2.75, 3.05) is 0 Å². The maximum atomic E-state index is 12.2. The number of carbonyl (C=O) groups excluding carboxylic acids is 1. The number of aromatic nitrogens is 2. The number of hydrogen-bond acceptors (Lipinski definition) is 3. The van der Waals surface area contributed by atoms with E-state index in [0.717, 1.165) is 0 Å². The third-order valence-corrected chi connectivity index (χ3v) is 2.74. The number of carbonyl (C=O) groups is 1. The van der Waals surface area contributed by atoms with Gasteiger partial charge in [-0.1, -0.05) is 36.4 Å². The summed E-state index contributed by atoms with van der Waals surface area (Å²) in [5, 5.41) is 9.64. The van der Waals surface area contributed by atoms with Crippen molar-refractivity contribution in [3.8, 4) is 5.75 Å². The van der Waals surface area contributed by atoms with Crippen LogP contribution in [0.25, 0.3) is 11.0 Å². The highest BCUT2D eigenvalue weighted by Gasteiger charge is 2.14. The van der Waals surface area contributed by atoms with Gasteiger partial charge in [-0.05, 0) is 12.1 Å². The van der Waals surface area contributed by atoms with Crippen LogP contribution in [0.15, 0.2) is 48.5 Å². The first-order valence-electron chi connectivity index (χ1n) is 5.53. The van der Waals surface area contributed by atoms with Gasteiger partial charge >= 0.3 is 0 Å². The number of H-pyrrole nitrogens is 1. The van der Waals surface area contributed by atoms with Gasteiger partial charge in [0.2, 0.25) is 5.78 Å². The highest BCUT2D eigenvalue weighted by atomic mass is 16.3. The first-order chi connectivity index (χ1) is 8.75. The Bertz CT molecular complexity index is 717. The summed E-state index contributed by atoms with van der Waals surface area (Å²) in [5.41, 5.74) is 1.63. The van der Waals surface area contributed by atoms with Crippen LogP contribution in [0, 0.1) is 0 Å². The number of ketones is 1. The summed E-state index contributed by atoms with van der Waals surface area (Å²) in [4.78, 5) is 19.2. The molecule has 0 amide bonds. The molecule has 0 aliphatic carbocycles. The van der Waals surface area contributed by atoms with Gasteiger partial charge in [0.1, 0.15) is 11.3 Å². The second-order valence-corrected chi connectivity index (χ2v) is 3.95. The van der Waals surface area contributed by atoms with Gasteiger partial charge in [-0.2, -0.15) is 0 Å². The standard InChI is InChI=1S/C14H10N2O2/c17-11-8-4-7-10-12(11)16-14(15-10)13(18)9-5-2-1-3-6-9/h1-8,17H,(H,15,16). The summed E-state index contributed by atoms with van der Waals surface area (Å²) < 4.78 is 0. The molecule has 0 spiro atoms. The van der Waals surface area contributed by atoms with Crippen LogP contribution >= 0.6 is 0 Å². The number of aromatic amines is 1. The predicted molar refractivity (Wildman–Crippen MR) is 67.6 cm³/mol. The van der Waals surface area contributed by atoms with Gasteiger partial charge in [0, 0.05) is 5.56 Å². The van der Waals surface area contributed by atoms with Gasteiger partial charge in [0.25, 0.3) is 0 Å². The maximum Gasteiger partial charge on any atom is 0.228 e. The zero-order chi connectivity index (χ0) is 12.5. The zero-order valence-corrected chi connectivity index (χ0v) is 9.42. The lowest BCUT2D eigenvalue weighted by molar-refractivity contribution is 0.103. The fraction of sp³-hybridized carbons (Fsp3) is 0. The molecule has 0 radical (unpaired) electrons. The van der Waals surface area contributed by atoms with Crippen molar-refractivity contribution < 1.29 is 9.90 Å². The first kappa shape index (κ1) is 10.5. The van der Waals surface area contributed by atoms with Crippen LogP contribution < -0.4 is 0 Å². The quantitative estimate of drug-likeness (QED) is 0.674. The molecule has 1 heterocycles. The zero-order valence-electron chi connectivity index (χ0n) is 9.42. The van der Waals surface area contributed by atoms with E-state index in [4.69, 9.17) is 0 Å². The minimum atomic E-state index is -0.189. The molecule has 2 aromatic carbocycles. The second kappa shape index (κ2) is 4.00. The van der Waals surface area contributed by atoms with Crippen LogP contribution in [0.2, 0.25) is 0 Å². The van der Waals surface area contributed by atoms with Gasteiger partial charge in [-0.25, -0.2) is 4.98 Å². The van der Waals surface area contributed by atoms with Crippen LogP contribution in [-0.2, 0) is 0 Å². The molecule has 1 aromatic heterocycles. The van der Waals surface area contributed by atoms with Crippen molar-refractivity contribution in [1.82, 2.24) is 9.97 Å². The number of phenolic OH excluding ortho intramolecular Hbond substituents is 1. The Labute approximate surface area is 103 Å². The van der Waals surface area contributed by atoms with E-state index >= 15 is 0 Å². The first-order valence-corrected chi connectivity index (χ1v) is 5.53. The number of imidazole rings is 1. The number of benzene rings is 2. The number of nitrogens with zero attached hydrogens (tertiary/aromatic N) is 1. The van der Waals surface area contributed by atoms with E-state index < -0.39 is 0 Å². The largest absolute Gasteiger partial charge is 0.506 e. The number of hydrogen-bond donors (Lipinski definition) is 2. The Kier molecular flexibility index (Phi) is 2.34. The average molecular weight is 238 g/mol. The molecule has 4 nitrogen and oxygen atoms in total. The summed E-state index contributed by atoms with van der Waals surface area (Å²) >= 11 is 0. The summed E-state index contributed by atoms with van der Waals surface area (Å²) in [5.74, 6) is 0.111. The van der Waals surface area contributed by atoms with Crippen LogP contribution in [0.4, 0.5) is 0 Å². The molecule has 88 valence electrons. The molecule has 2 N–H and O–H groups in total. The summed E-state index contributed by atoms with van der Waals surface area (Å²) in [7, 11) is 0. The van der Waals surface area contributed by atoms with Crippen molar-refractivity contribution in [3.05, 3.63) is 59.9 Å². The smallest absolute Gasteiger partial charge is 0.228 e. The molecule has 0 aliphatic rings. The summed E-state index contributed by atoms with van der Waals surface area (Å²) in [6.45, 7) is 0. The van der Waals surface area contributed by atoms with E-state index in [1.165, 1.54) is 0 Å².